The highest BCUT2D eigenvalue weighted by atomic mass is 32.2. The Hall–Kier alpha value is -3.04. The highest BCUT2D eigenvalue weighted by Crippen LogP contribution is 2.40. The molecule has 0 atom stereocenters. The molecule has 1 aliphatic rings. The van der Waals surface area contributed by atoms with Crippen LogP contribution in [0.3, 0.4) is 0 Å². The lowest BCUT2D eigenvalue weighted by molar-refractivity contribution is 0.0764. The second-order valence-electron chi connectivity index (χ2n) is 7.41. The molecular formula is C21H20FN3O4S. The van der Waals surface area contributed by atoms with Gasteiger partial charge in [-0.1, -0.05) is 18.2 Å². The van der Waals surface area contributed by atoms with E-state index >= 15 is 0 Å². The number of halogens is 1. The van der Waals surface area contributed by atoms with E-state index in [4.69, 9.17) is 0 Å². The average Bonchev–Trinajstić information content (AvgIpc) is 3.03. The van der Waals surface area contributed by atoms with E-state index in [1.807, 2.05) is 0 Å². The fourth-order valence-electron chi connectivity index (χ4n) is 3.65. The van der Waals surface area contributed by atoms with Crippen molar-refractivity contribution in [3.05, 3.63) is 70.7 Å². The van der Waals surface area contributed by atoms with Gasteiger partial charge in [-0.2, -0.15) is 0 Å². The molecule has 1 aromatic heterocycles. The van der Waals surface area contributed by atoms with Gasteiger partial charge in [0.05, 0.1) is 11.3 Å². The number of rotatable bonds is 5. The smallest absolute Gasteiger partial charge is 0.258 e. The maximum absolute atomic E-state index is 13.2. The number of carbonyl (C=O) groups is 1. The number of hydrogen-bond donors (Lipinski definition) is 1. The molecule has 4 rings (SSSR count). The molecule has 0 bridgehead atoms. The van der Waals surface area contributed by atoms with Crippen LogP contribution < -0.4 is 0 Å². The molecule has 0 unspecified atom stereocenters. The van der Waals surface area contributed by atoms with Crippen LogP contribution in [-0.2, 0) is 28.9 Å². The van der Waals surface area contributed by atoms with Gasteiger partial charge in [0.15, 0.2) is 5.75 Å². The molecule has 1 N–H and O–H groups in total. The Morgan fingerprint density at radius 1 is 1.20 bits per heavy atom. The minimum Gasteiger partial charge on any atom is -0.505 e. The number of benzene rings is 2. The summed E-state index contributed by atoms with van der Waals surface area (Å²) in [5.41, 5.74) is 1.92. The Balaban J connectivity index is 1.84. The number of pyridine rings is 1. The van der Waals surface area contributed by atoms with Crippen LogP contribution >= 0.6 is 0 Å². The second kappa shape index (κ2) is 7.33. The number of phenolic OH excluding ortho intramolecular Hbond substituents is 1. The number of sulfonamides is 1. The van der Waals surface area contributed by atoms with Gasteiger partial charge in [-0.3, -0.25) is 9.78 Å². The molecule has 2 aromatic carbocycles. The van der Waals surface area contributed by atoms with Crippen LogP contribution in [0.25, 0.3) is 10.9 Å². The Morgan fingerprint density at radius 2 is 1.90 bits per heavy atom. The Labute approximate surface area is 173 Å². The summed E-state index contributed by atoms with van der Waals surface area (Å²) in [6, 6.07) is 9.15. The predicted octanol–water partition coefficient (Wildman–Crippen LogP) is 2.63. The minimum absolute atomic E-state index is 0.0762. The van der Waals surface area contributed by atoms with Gasteiger partial charge in [-0.15, -0.1) is 0 Å². The van der Waals surface area contributed by atoms with E-state index in [2.05, 4.69) is 4.98 Å². The molecule has 0 aliphatic carbocycles. The van der Waals surface area contributed by atoms with Crippen molar-refractivity contribution >= 4 is 26.8 Å². The normalized spacial score (nSPS) is 14.0. The first-order valence-electron chi connectivity index (χ1n) is 9.24. The van der Waals surface area contributed by atoms with E-state index in [9.17, 15) is 22.7 Å². The third-order valence-corrected chi connectivity index (χ3v) is 7.05. The van der Waals surface area contributed by atoms with Crippen LogP contribution in [0.15, 0.2) is 42.6 Å². The summed E-state index contributed by atoms with van der Waals surface area (Å²) in [6.45, 7) is 0.346. The second-order valence-corrected chi connectivity index (χ2v) is 9.59. The van der Waals surface area contributed by atoms with Gasteiger partial charge >= 0.3 is 0 Å². The van der Waals surface area contributed by atoms with E-state index in [1.54, 1.807) is 24.3 Å². The minimum atomic E-state index is -3.62. The topological polar surface area (TPSA) is 90.8 Å². The van der Waals surface area contributed by atoms with E-state index in [0.717, 1.165) is 9.87 Å². The van der Waals surface area contributed by atoms with Gasteiger partial charge in [0, 0.05) is 38.8 Å². The van der Waals surface area contributed by atoms with Crippen LogP contribution in [0.4, 0.5) is 4.39 Å². The zero-order chi connectivity index (χ0) is 21.6. The number of amides is 1. The number of hydrogen-bond acceptors (Lipinski definition) is 5. The Kier molecular flexibility index (Phi) is 4.95. The van der Waals surface area contributed by atoms with Gasteiger partial charge in [-0.25, -0.2) is 17.1 Å². The van der Waals surface area contributed by atoms with Crippen molar-refractivity contribution in [2.24, 2.45) is 0 Å². The van der Waals surface area contributed by atoms with E-state index in [1.165, 1.54) is 37.3 Å². The summed E-state index contributed by atoms with van der Waals surface area (Å²) in [5, 5.41) is 11.3. The van der Waals surface area contributed by atoms with Crippen molar-refractivity contribution < 1.29 is 22.7 Å². The molecule has 2 heterocycles. The van der Waals surface area contributed by atoms with Crippen molar-refractivity contribution in [3.8, 4) is 5.75 Å². The first-order valence-corrected chi connectivity index (χ1v) is 10.9. The fraction of sp³-hybridized carbons (Fsp3) is 0.238. The number of carbonyl (C=O) groups excluding carboxylic acids is 1. The van der Waals surface area contributed by atoms with Gasteiger partial charge in [-0.05, 0) is 34.9 Å². The monoisotopic (exact) mass is 429 g/mol. The lowest BCUT2D eigenvalue weighted by Crippen LogP contribution is -2.24. The van der Waals surface area contributed by atoms with E-state index in [-0.39, 0.29) is 41.5 Å². The van der Waals surface area contributed by atoms with Crippen molar-refractivity contribution in [2.45, 2.75) is 18.8 Å². The first kappa shape index (κ1) is 20.2. The molecule has 1 amide bonds. The quantitative estimate of drug-likeness (QED) is 0.673. The molecule has 7 nitrogen and oxygen atoms in total. The summed E-state index contributed by atoms with van der Waals surface area (Å²) in [4.78, 5) is 18.8. The number of aromatic nitrogens is 1. The van der Waals surface area contributed by atoms with E-state index < -0.39 is 15.9 Å². The molecule has 156 valence electrons. The van der Waals surface area contributed by atoms with Gasteiger partial charge in [0.25, 0.3) is 5.91 Å². The fourth-order valence-corrected chi connectivity index (χ4v) is 4.60. The molecule has 0 saturated carbocycles. The summed E-state index contributed by atoms with van der Waals surface area (Å²) in [7, 11) is -0.730. The third kappa shape index (κ3) is 3.40. The zero-order valence-electron chi connectivity index (χ0n) is 16.5. The summed E-state index contributed by atoms with van der Waals surface area (Å²) < 4.78 is 39.6. The zero-order valence-corrected chi connectivity index (χ0v) is 17.3. The Bertz CT molecular complexity index is 1260. The summed E-state index contributed by atoms with van der Waals surface area (Å²) in [5.74, 6) is -1.36. The van der Waals surface area contributed by atoms with Gasteiger partial charge < -0.3 is 10.0 Å². The van der Waals surface area contributed by atoms with Gasteiger partial charge in [0.2, 0.25) is 10.0 Å². The van der Waals surface area contributed by atoms with Crippen molar-refractivity contribution in [1.82, 2.24) is 14.2 Å². The number of nitrogens with zero attached hydrogens (tertiary/aromatic N) is 3. The first-order chi connectivity index (χ1) is 14.2. The molecule has 30 heavy (non-hydrogen) atoms. The molecular weight excluding hydrogens is 409 g/mol. The molecule has 0 fully saturated rings. The number of phenols is 1. The van der Waals surface area contributed by atoms with Crippen LogP contribution in [0.5, 0.6) is 5.75 Å². The highest BCUT2D eigenvalue weighted by molar-refractivity contribution is 7.88. The standard InChI is InChI=1S/C21H20FN3O4S/c1-24(2)30(28,29)12-17-15-4-3-9-23-19(15)20(26)18-16(17)11-25(21(18)27)10-13-5-7-14(22)8-6-13/h3-9,26H,10-12H2,1-2H3. The lowest BCUT2D eigenvalue weighted by Gasteiger charge is -2.17. The predicted molar refractivity (Wildman–Crippen MR) is 110 cm³/mol. The molecule has 0 saturated heterocycles. The average molecular weight is 429 g/mol. The molecule has 0 radical (unpaired) electrons. The van der Waals surface area contributed by atoms with Crippen molar-refractivity contribution in [2.75, 3.05) is 14.1 Å². The molecule has 1 aliphatic heterocycles. The maximum Gasteiger partial charge on any atom is 0.258 e. The largest absolute Gasteiger partial charge is 0.505 e. The molecule has 9 heteroatoms. The number of aromatic hydroxyl groups is 1. The van der Waals surface area contributed by atoms with Crippen molar-refractivity contribution in [1.29, 1.82) is 0 Å². The molecule has 3 aromatic rings. The molecule has 0 spiro atoms. The maximum atomic E-state index is 13.2. The third-order valence-electron chi connectivity index (χ3n) is 5.28. The number of fused-ring (bicyclic) bond motifs is 2. The Morgan fingerprint density at radius 3 is 2.57 bits per heavy atom. The highest BCUT2D eigenvalue weighted by Gasteiger charge is 2.36. The van der Waals surface area contributed by atoms with Crippen LogP contribution in [0, 0.1) is 5.82 Å². The summed E-state index contributed by atoms with van der Waals surface area (Å²) in [6.07, 6.45) is 1.48. The van der Waals surface area contributed by atoms with Crippen LogP contribution in [0.2, 0.25) is 0 Å². The van der Waals surface area contributed by atoms with Crippen LogP contribution in [0.1, 0.15) is 27.0 Å². The van der Waals surface area contributed by atoms with E-state index in [0.29, 0.717) is 16.5 Å². The SMILES string of the molecule is CN(C)S(=O)(=O)Cc1c2c(c(O)c3ncccc13)C(=O)N(Cc1ccc(F)cc1)C2. The lowest BCUT2D eigenvalue weighted by atomic mass is 9.98. The van der Waals surface area contributed by atoms with Crippen LogP contribution in [-0.4, -0.2) is 47.7 Å². The van der Waals surface area contributed by atoms with Crippen molar-refractivity contribution in [3.63, 3.8) is 0 Å². The summed E-state index contributed by atoms with van der Waals surface area (Å²) >= 11 is 0. The van der Waals surface area contributed by atoms with Gasteiger partial charge in [0.1, 0.15) is 11.3 Å².